The minimum Gasteiger partial charge on any atom is -0.314 e. The smallest absolute Gasteiger partial charge is 0.0249 e. The summed E-state index contributed by atoms with van der Waals surface area (Å²) in [6.07, 6.45) is 3.80. The van der Waals surface area contributed by atoms with E-state index < -0.39 is 0 Å². The van der Waals surface area contributed by atoms with Crippen LogP contribution in [0.15, 0.2) is 22.7 Å². The second-order valence-electron chi connectivity index (χ2n) is 5.63. The lowest BCUT2D eigenvalue weighted by Gasteiger charge is -2.40. The SMILES string of the molecule is CN1CCNCC1C1CCc2cccc(Br)c2C1. The van der Waals surface area contributed by atoms with E-state index in [0.717, 1.165) is 19.0 Å². The van der Waals surface area contributed by atoms with Crippen molar-refractivity contribution < 1.29 is 0 Å². The zero-order valence-corrected chi connectivity index (χ0v) is 12.5. The van der Waals surface area contributed by atoms with E-state index in [-0.39, 0.29) is 0 Å². The van der Waals surface area contributed by atoms with Gasteiger partial charge in [0, 0.05) is 30.1 Å². The average Bonchev–Trinajstić information content (AvgIpc) is 2.40. The maximum absolute atomic E-state index is 3.72. The highest BCUT2D eigenvalue weighted by atomic mass is 79.9. The van der Waals surface area contributed by atoms with Crippen molar-refractivity contribution in [3.8, 4) is 0 Å². The number of likely N-dealkylation sites (N-methyl/N-ethyl adjacent to an activating group) is 1. The molecule has 1 heterocycles. The Bertz CT molecular complexity index is 433. The van der Waals surface area contributed by atoms with Crippen LogP contribution in [-0.2, 0) is 12.8 Å². The van der Waals surface area contributed by atoms with Crippen molar-refractivity contribution in [2.75, 3.05) is 26.7 Å². The van der Waals surface area contributed by atoms with Crippen LogP contribution in [0.1, 0.15) is 17.5 Å². The second-order valence-corrected chi connectivity index (χ2v) is 6.49. The van der Waals surface area contributed by atoms with E-state index in [0.29, 0.717) is 6.04 Å². The zero-order valence-electron chi connectivity index (χ0n) is 11.0. The molecule has 0 spiro atoms. The van der Waals surface area contributed by atoms with Crippen LogP contribution in [0.2, 0.25) is 0 Å². The van der Waals surface area contributed by atoms with Gasteiger partial charge in [-0.05, 0) is 49.4 Å². The Morgan fingerprint density at radius 1 is 1.39 bits per heavy atom. The van der Waals surface area contributed by atoms with Gasteiger partial charge in [-0.15, -0.1) is 0 Å². The van der Waals surface area contributed by atoms with E-state index in [4.69, 9.17) is 0 Å². The molecule has 2 atom stereocenters. The first kappa shape index (κ1) is 12.6. The molecule has 3 rings (SSSR count). The lowest BCUT2D eigenvalue weighted by molar-refractivity contribution is 0.133. The van der Waals surface area contributed by atoms with Crippen molar-refractivity contribution in [3.05, 3.63) is 33.8 Å². The third kappa shape index (κ3) is 2.36. The maximum Gasteiger partial charge on any atom is 0.0249 e. The molecule has 0 amide bonds. The number of nitrogens with one attached hydrogen (secondary N) is 1. The maximum atomic E-state index is 3.72. The summed E-state index contributed by atoms with van der Waals surface area (Å²) in [5.74, 6) is 0.800. The molecule has 1 aromatic rings. The molecule has 1 saturated heterocycles. The fourth-order valence-electron chi connectivity index (χ4n) is 3.45. The van der Waals surface area contributed by atoms with Gasteiger partial charge >= 0.3 is 0 Å². The predicted molar refractivity (Wildman–Crippen MR) is 78.9 cm³/mol. The molecular formula is C15H21BrN2. The number of piperazine rings is 1. The highest BCUT2D eigenvalue weighted by molar-refractivity contribution is 9.10. The van der Waals surface area contributed by atoms with Crippen LogP contribution < -0.4 is 5.32 Å². The Kier molecular flexibility index (Phi) is 3.73. The highest BCUT2D eigenvalue weighted by Gasteiger charge is 2.30. The molecule has 0 radical (unpaired) electrons. The molecule has 2 nitrogen and oxygen atoms in total. The quantitative estimate of drug-likeness (QED) is 0.857. The van der Waals surface area contributed by atoms with Gasteiger partial charge in [-0.1, -0.05) is 28.1 Å². The summed E-state index contributed by atoms with van der Waals surface area (Å²) in [4.78, 5) is 2.54. The van der Waals surface area contributed by atoms with E-state index in [1.807, 2.05) is 0 Å². The summed E-state index contributed by atoms with van der Waals surface area (Å²) in [5.41, 5.74) is 3.10. The lowest BCUT2D eigenvalue weighted by atomic mass is 9.79. The number of halogens is 1. The Morgan fingerprint density at radius 2 is 2.28 bits per heavy atom. The molecular weight excluding hydrogens is 288 g/mol. The third-order valence-corrected chi connectivity index (χ3v) is 5.31. The average molecular weight is 309 g/mol. The molecule has 0 saturated carbocycles. The van der Waals surface area contributed by atoms with Gasteiger partial charge in [-0.3, -0.25) is 0 Å². The van der Waals surface area contributed by atoms with Gasteiger partial charge in [-0.2, -0.15) is 0 Å². The minimum absolute atomic E-state index is 0.707. The van der Waals surface area contributed by atoms with Gasteiger partial charge < -0.3 is 10.2 Å². The number of hydrogen-bond donors (Lipinski definition) is 1. The standard InChI is InChI=1S/C15H21BrN2/c1-18-8-7-17-10-15(18)12-6-5-11-3-2-4-14(16)13(11)9-12/h2-4,12,15,17H,5-10H2,1H3. The van der Waals surface area contributed by atoms with Gasteiger partial charge in [0.15, 0.2) is 0 Å². The number of nitrogens with zero attached hydrogens (tertiary/aromatic N) is 1. The number of aryl methyl sites for hydroxylation is 1. The van der Waals surface area contributed by atoms with E-state index in [2.05, 4.69) is 51.4 Å². The molecule has 2 aliphatic rings. The van der Waals surface area contributed by atoms with Gasteiger partial charge in [0.1, 0.15) is 0 Å². The monoisotopic (exact) mass is 308 g/mol. The summed E-state index contributed by atoms with van der Waals surface area (Å²) in [7, 11) is 2.28. The molecule has 18 heavy (non-hydrogen) atoms. The minimum atomic E-state index is 0.707. The largest absolute Gasteiger partial charge is 0.314 e. The third-order valence-electron chi connectivity index (χ3n) is 4.57. The number of fused-ring (bicyclic) bond motifs is 1. The van der Waals surface area contributed by atoms with Gasteiger partial charge in [-0.25, -0.2) is 0 Å². The summed E-state index contributed by atoms with van der Waals surface area (Å²) < 4.78 is 1.30. The van der Waals surface area contributed by atoms with Crippen LogP contribution in [0.25, 0.3) is 0 Å². The van der Waals surface area contributed by atoms with E-state index >= 15 is 0 Å². The molecule has 0 aromatic heterocycles. The Morgan fingerprint density at radius 3 is 3.11 bits per heavy atom. The van der Waals surface area contributed by atoms with E-state index in [9.17, 15) is 0 Å². The summed E-state index contributed by atoms with van der Waals surface area (Å²) in [5, 5.41) is 3.55. The lowest BCUT2D eigenvalue weighted by Crippen LogP contribution is -2.53. The zero-order chi connectivity index (χ0) is 12.5. The molecule has 1 N–H and O–H groups in total. The molecule has 98 valence electrons. The summed E-state index contributed by atoms with van der Waals surface area (Å²) in [6, 6.07) is 7.35. The topological polar surface area (TPSA) is 15.3 Å². The molecule has 1 aliphatic carbocycles. The Balaban J connectivity index is 1.79. The first-order valence-electron chi connectivity index (χ1n) is 6.93. The number of hydrogen-bond acceptors (Lipinski definition) is 2. The fraction of sp³-hybridized carbons (Fsp3) is 0.600. The first-order valence-corrected chi connectivity index (χ1v) is 7.72. The molecule has 2 unspecified atom stereocenters. The first-order chi connectivity index (χ1) is 8.75. The van der Waals surface area contributed by atoms with Crippen molar-refractivity contribution in [1.29, 1.82) is 0 Å². The second kappa shape index (κ2) is 5.32. The van der Waals surface area contributed by atoms with Gasteiger partial charge in [0.2, 0.25) is 0 Å². The van der Waals surface area contributed by atoms with Crippen LogP contribution >= 0.6 is 15.9 Å². The summed E-state index contributed by atoms with van der Waals surface area (Å²) >= 11 is 3.72. The molecule has 0 bridgehead atoms. The van der Waals surface area contributed by atoms with Crippen molar-refractivity contribution in [3.63, 3.8) is 0 Å². The molecule has 1 aliphatic heterocycles. The van der Waals surface area contributed by atoms with E-state index in [1.54, 1.807) is 11.1 Å². The van der Waals surface area contributed by atoms with Crippen LogP contribution in [-0.4, -0.2) is 37.6 Å². The normalized spacial score (nSPS) is 29.0. The van der Waals surface area contributed by atoms with Crippen LogP contribution in [0, 0.1) is 5.92 Å². The van der Waals surface area contributed by atoms with Crippen LogP contribution in [0.3, 0.4) is 0 Å². The van der Waals surface area contributed by atoms with Crippen molar-refractivity contribution in [2.45, 2.75) is 25.3 Å². The van der Waals surface area contributed by atoms with Crippen molar-refractivity contribution >= 4 is 15.9 Å². The van der Waals surface area contributed by atoms with Gasteiger partial charge in [0.05, 0.1) is 0 Å². The fourth-order valence-corrected chi connectivity index (χ4v) is 4.02. The van der Waals surface area contributed by atoms with Gasteiger partial charge in [0.25, 0.3) is 0 Å². The van der Waals surface area contributed by atoms with Crippen LogP contribution in [0.4, 0.5) is 0 Å². The molecule has 3 heteroatoms. The van der Waals surface area contributed by atoms with Crippen LogP contribution in [0.5, 0.6) is 0 Å². The van der Waals surface area contributed by atoms with Crippen molar-refractivity contribution in [2.24, 2.45) is 5.92 Å². The van der Waals surface area contributed by atoms with E-state index in [1.165, 1.54) is 30.3 Å². The molecule has 1 fully saturated rings. The predicted octanol–water partition coefficient (Wildman–Crippen LogP) is 2.46. The number of benzene rings is 1. The van der Waals surface area contributed by atoms with Crippen molar-refractivity contribution in [1.82, 2.24) is 10.2 Å². The summed E-state index contributed by atoms with van der Waals surface area (Å²) in [6.45, 7) is 3.48. The Hall–Kier alpha value is -0.380. The number of rotatable bonds is 1. The molecule has 1 aromatic carbocycles. The highest BCUT2D eigenvalue weighted by Crippen LogP contribution is 2.33. The Labute approximate surface area is 118 Å².